The van der Waals surface area contributed by atoms with Crippen LogP contribution in [0.25, 0.3) is 0 Å². The Bertz CT molecular complexity index is 851. The van der Waals surface area contributed by atoms with Crippen LogP contribution >= 0.6 is 0 Å². The molecule has 0 saturated heterocycles. The number of benzene rings is 1. The third-order valence-electron chi connectivity index (χ3n) is 4.70. The molecule has 0 aliphatic heterocycles. The maximum absolute atomic E-state index is 13.2. The van der Waals surface area contributed by atoms with E-state index in [1.54, 1.807) is 6.92 Å². The van der Waals surface area contributed by atoms with E-state index in [4.69, 9.17) is 4.74 Å². The van der Waals surface area contributed by atoms with E-state index in [-0.39, 0.29) is 30.3 Å². The molecule has 2 aromatic rings. The van der Waals surface area contributed by atoms with Gasteiger partial charge in [-0.2, -0.15) is 13.2 Å². The third kappa shape index (κ3) is 5.49. The minimum atomic E-state index is -4.45. The zero-order valence-electron chi connectivity index (χ0n) is 16.9. The zero-order chi connectivity index (χ0) is 21.6. The van der Waals surface area contributed by atoms with Gasteiger partial charge in [0.05, 0.1) is 24.3 Å². The van der Waals surface area contributed by atoms with Crippen LogP contribution in [-0.2, 0) is 35.1 Å². The Morgan fingerprint density at radius 2 is 1.72 bits per heavy atom. The summed E-state index contributed by atoms with van der Waals surface area (Å²) in [5, 5.41) is 0. The second kappa shape index (κ2) is 9.76. The molecule has 0 radical (unpaired) electrons. The molecular weight excluding hydrogens is 383 g/mol. The van der Waals surface area contributed by atoms with E-state index in [2.05, 4.69) is 0 Å². The average molecular weight is 409 g/mol. The lowest BCUT2D eigenvalue weighted by molar-refractivity contribution is -0.142. The van der Waals surface area contributed by atoms with Crippen molar-refractivity contribution in [3.8, 4) is 0 Å². The molecule has 0 fully saturated rings. The number of hydrogen-bond acceptors (Lipinski definition) is 3. The van der Waals surface area contributed by atoms with E-state index >= 15 is 0 Å². The fourth-order valence-electron chi connectivity index (χ4n) is 3.23. The largest absolute Gasteiger partial charge is 0.466 e. The minimum absolute atomic E-state index is 0.0465. The normalized spacial score (nSPS) is 11.5. The van der Waals surface area contributed by atoms with Crippen LogP contribution in [0.2, 0.25) is 0 Å². The number of hydrogen-bond donors (Lipinski definition) is 0. The fraction of sp³-hybridized carbons (Fsp3) is 0.455. The summed E-state index contributed by atoms with van der Waals surface area (Å²) < 4.78 is 45.3. The second-order valence-electron chi connectivity index (χ2n) is 6.75. The predicted molar refractivity (Wildman–Crippen MR) is 104 cm³/mol. The van der Waals surface area contributed by atoms with E-state index in [1.165, 1.54) is 12.1 Å². The fourth-order valence-corrected chi connectivity index (χ4v) is 3.23. The second-order valence-corrected chi connectivity index (χ2v) is 6.75. The summed E-state index contributed by atoms with van der Waals surface area (Å²) in [6, 6.07) is 6.05. The van der Waals surface area contributed by atoms with E-state index in [0.29, 0.717) is 24.4 Å². The molecular formula is C22H26F3NO3. The summed E-state index contributed by atoms with van der Waals surface area (Å²) in [7, 11) is 0. The number of nitrogens with zero attached hydrogens (tertiary/aromatic N) is 1. The van der Waals surface area contributed by atoms with Gasteiger partial charge in [0.15, 0.2) is 0 Å². The van der Waals surface area contributed by atoms with Crippen LogP contribution in [0.5, 0.6) is 0 Å². The highest BCUT2D eigenvalue weighted by atomic mass is 19.4. The summed E-state index contributed by atoms with van der Waals surface area (Å²) in [4.78, 5) is 25.2. The first kappa shape index (κ1) is 22.7. The van der Waals surface area contributed by atoms with Crippen LogP contribution in [0, 0.1) is 0 Å². The van der Waals surface area contributed by atoms with Gasteiger partial charge in [-0.1, -0.05) is 32.4 Å². The van der Waals surface area contributed by atoms with Crippen LogP contribution in [0.3, 0.4) is 0 Å². The van der Waals surface area contributed by atoms with Crippen LogP contribution in [0.15, 0.2) is 30.3 Å². The van der Waals surface area contributed by atoms with Crippen molar-refractivity contribution in [1.29, 1.82) is 0 Å². The van der Waals surface area contributed by atoms with Gasteiger partial charge in [0.2, 0.25) is 5.78 Å². The molecule has 7 heteroatoms. The lowest BCUT2D eigenvalue weighted by atomic mass is 10.0. The Labute approximate surface area is 168 Å². The van der Waals surface area contributed by atoms with E-state index in [1.807, 2.05) is 24.5 Å². The van der Waals surface area contributed by atoms with Crippen molar-refractivity contribution < 1.29 is 27.5 Å². The number of alkyl halides is 3. The summed E-state index contributed by atoms with van der Waals surface area (Å²) in [5.74, 6) is -0.722. The highest BCUT2D eigenvalue weighted by Gasteiger charge is 2.30. The number of ether oxygens (including phenoxy) is 1. The van der Waals surface area contributed by atoms with Crippen molar-refractivity contribution in [2.75, 3.05) is 6.61 Å². The van der Waals surface area contributed by atoms with Crippen LogP contribution in [0.1, 0.15) is 66.5 Å². The van der Waals surface area contributed by atoms with Crippen molar-refractivity contribution in [3.63, 3.8) is 0 Å². The van der Waals surface area contributed by atoms with Crippen molar-refractivity contribution in [2.24, 2.45) is 0 Å². The number of aromatic nitrogens is 1. The lowest BCUT2D eigenvalue weighted by Crippen LogP contribution is -2.17. The number of aryl methyl sites for hydroxylation is 1. The Hall–Kier alpha value is -2.57. The molecule has 1 aromatic heterocycles. The summed E-state index contributed by atoms with van der Waals surface area (Å²) in [6.45, 7) is 6.47. The maximum Gasteiger partial charge on any atom is 0.416 e. The van der Waals surface area contributed by atoms with Crippen LogP contribution in [-0.4, -0.2) is 22.9 Å². The number of esters is 1. The van der Waals surface area contributed by atoms with E-state index < -0.39 is 11.7 Å². The SMILES string of the molecule is CCCCn1c(CC(=O)OCC)cc(CC)c1C(=O)c1ccc(C(F)(F)F)cc1. The van der Waals surface area contributed by atoms with Gasteiger partial charge in [0.25, 0.3) is 0 Å². The van der Waals surface area contributed by atoms with Crippen molar-refractivity contribution in [1.82, 2.24) is 4.57 Å². The van der Waals surface area contributed by atoms with Gasteiger partial charge in [0.1, 0.15) is 0 Å². The molecule has 1 heterocycles. The molecule has 1 aromatic carbocycles. The van der Waals surface area contributed by atoms with E-state index in [0.717, 1.165) is 30.5 Å². The Morgan fingerprint density at radius 1 is 1.07 bits per heavy atom. The van der Waals surface area contributed by atoms with E-state index in [9.17, 15) is 22.8 Å². The van der Waals surface area contributed by atoms with Crippen molar-refractivity contribution >= 4 is 11.8 Å². The molecule has 158 valence electrons. The van der Waals surface area contributed by atoms with Gasteiger partial charge in [-0.25, -0.2) is 0 Å². The van der Waals surface area contributed by atoms with Crippen LogP contribution < -0.4 is 0 Å². The minimum Gasteiger partial charge on any atom is -0.466 e. The van der Waals surface area contributed by atoms with Gasteiger partial charge >= 0.3 is 12.1 Å². The third-order valence-corrected chi connectivity index (χ3v) is 4.70. The summed E-state index contributed by atoms with van der Waals surface area (Å²) >= 11 is 0. The molecule has 0 aliphatic rings. The average Bonchev–Trinajstić information content (AvgIpc) is 3.02. The van der Waals surface area contributed by atoms with Crippen molar-refractivity contribution in [2.45, 2.75) is 59.2 Å². The quantitative estimate of drug-likeness (QED) is 0.422. The lowest BCUT2D eigenvalue weighted by Gasteiger charge is -2.14. The first-order valence-corrected chi connectivity index (χ1v) is 9.81. The summed E-state index contributed by atoms with van der Waals surface area (Å²) in [5.41, 5.74) is 1.27. The first-order valence-electron chi connectivity index (χ1n) is 9.81. The maximum atomic E-state index is 13.2. The first-order chi connectivity index (χ1) is 13.7. The Morgan fingerprint density at radius 3 is 2.24 bits per heavy atom. The molecule has 0 amide bonds. The van der Waals surface area contributed by atoms with Crippen molar-refractivity contribution in [3.05, 3.63) is 58.4 Å². The number of unbranched alkanes of at least 4 members (excludes halogenated alkanes) is 1. The zero-order valence-corrected chi connectivity index (χ0v) is 16.9. The molecule has 0 aliphatic carbocycles. The molecule has 0 atom stereocenters. The molecule has 4 nitrogen and oxygen atoms in total. The smallest absolute Gasteiger partial charge is 0.416 e. The van der Waals surface area contributed by atoms with Gasteiger partial charge in [-0.15, -0.1) is 0 Å². The topological polar surface area (TPSA) is 48.3 Å². The van der Waals surface area contributed by atoms with Gasteiger partial charge in [-0.05, 0) is 43.5 Å². The van der Waals surface area contributed by atoms with Gasteiger partial charge < -0.3 is 9.30 Å². The molecule has 2 rings (SSSR count). The number of halogens is 3. The molecule has 0 bridgehead atoms. The number of carbonyl (C=O) groups is 2. The summed E-state index contributed by atoms with van der Waals surface area (Å²) in [6.07, 6.45) is -2.14. The highest BCUT2D eigenvalue weighted by Crippen LogP contribution is 2.30. The van der Waals surface area contributed by atoms with Gasteiger partial charge in [-0.3, -0.25) is 9.59 Å². The number of carbonyl (C=O) groups excluding carboxylic acids is 2. The van der Waals surface area contributed by atoms with Gasteiger partial charge in [0, 0.05) is 17.8 Å². The predicted octanol–water partition coefficient (Wildman–Crippen LogP) is 5.21. The molecule has 0 unspecified atom stereocenters. The highest BCUT2D eigenvalue weighted by molar-refractivity contribution is 6.09. The number of ketones is 1. The molecule has 0 N–H and O–H groups in total. The molecule has 29 heavy (non-hydrogen) atoms. The number of rotatable bonds is 9. The van der Waals surface area contributed by atoms with Crippen LogP contribution in [0.4, 0.5) is 13.2 Å². The molecule has 0 saturated carbocycles. The standard InChI is InChI=1S/C22H26F3NO3/c1-4-7-12-26-18(14-19(27)29-6-3)13-15(5-2)20(26)21(28)16-8-10-17(11-9-16)22(23,24)25/h8-11,13H,4-7,12,14H2,1-3H3. The Balaban J connectivity index is 2.46. The molecule has 0 spiro atoms. The monoisotopic (exact) mass is 409 g/mol. The Kier molecular flexibility index (Phi) is 7.65.